The summed E-state index contributed by atoms with van der Waals surface area (Å²) < 4.78 is 47.6. The van der Waals surface area contributed by atoms with Gasteiger partial charge in [0.1, 0.15) is 5.82 Å². The number of benzene rings is 2. The van der Waals surface area contributed by atoms with E-state index in [2.05, 4.69) is 0 Å². The van der Waals surface area contributed by atoms with Crippen molar-refractivity contribution in [2.45, 2.75) is 64.9 Å². The summed E-state index contributed by atoms with van der Waals surface area (Å²) in [5.74, 6) is -0.850. The van der Waals surface area contributed by atoms with Crippen LogP contribution in [0.4, 0.5) is 13.2 Å². The molecule has 0 saturated heterocycles. The van der Waals surface area contributed by atoms with E-state index in [1.54, 1.807) is 25.1 Å². The minimum absolute atomic E-state index is 0.141. The summed E-state index contributed by atoms with van der Waals surface area (Å²) in [6.07, 6.45) is 5.29. The van der Waals surface area contributed by atoms with Gasteiger partial charge in [-0.1, -0.05) is 24.3 Å². The lowest BCUT2D eigenvalue weighted by atomic mass is 9.76. The molecule has 1 saturated carbocycles. The van der Waals surface area contributed by atoms with Gasteiger partial charge in [0.2, 0.25) is 0 Å². The molecule has 0 unspecified atom stereocenters. The van der Waals surface area contributed by atoms with Gasteiger partial charge in [0.15, 0.2) is 11.6 Å². The Morgan fingerprint density at radius 3 is 2.39 bits per heavy atom. The molecule has 0 radical (unpaired) electrons. The van der Waals surface area contributed by atoms with E-state index in [1.807, 2.05) is 19.1 Å². The van der Waals surface area contributed by atoms with Gasteiger partial charge in [0, 0.05) is 6.61 Å². The lowest BCUT2D eigenvalue weighted by Gasteiger charge is -2.29. The third-order valence-electron chi connectivity index (χ3n) is 6.00. The Labute approximate surface area is 165 Å². The molecule has 0 bridgehead atoms. The highest BCUT2D eigenvalue weighted by atomic mass is 19.2. The zero-order chi connectivity index (χ0) is 20.1. The molecule has 4 heteroatoms. The summed E-state index contributed by atoms with van der Waals surface area (Å²) in [4.78, 5) is 0. The summed E-state index contributed by atoms with van der Waals surface area (Å²) in [6.45, 7) is 4.56. The lowest BCUT2D eigenvalue weighted by Crippen LogP contribution is -2.15. The maximum atomic E-state index is 14.5. The van der Waals surface area contributed by atoms with Gasteiger partial charge < -0.3 is 4.74 Å². The predicted octanol–water partition coefficient (Wildman–Crippen LogP) is 6.86. The van der Waals surface area contributed by atoms with E-state index in [-0.39, 0.29) is 11.7 Å². The third-order valence-corrected chi connectivity index (χ3v) is 6.00. The molecule has 1 aliphatic rings. The molecular formula is C24H29F3O. The van der Waals surface area contributed by atoms with Crippen LogP contribution in [0.25, 0.3) is 0 Å². The van der Waals surface area contributed by atoms with Crippen LogP contribution in [-0.2, 0) is 17.8 Å². The second-order valence-electron chi connectivity index (χ2n) is 7.92. The molecule has 2 aromatic rings. The van der Waals surface area contributed by atoms with Gasteiger partial charge in [-0.05, 0) is 92.5 Å². The maximum Gasteiger partial charge on any atom is 0.162 e. The second kappa shape index (κ2) is 9.60. The standard InChI is InChI=1S/C24H29F3O/c1-3-28-15-18-8-13-21(22(25)14-18)19-10-5-17(6-11-19)7-12-20-9-4-16(2)23(26)24(20)27/h4,8-9,13-14,17,19H,3,5-7,10-12,15H2,1-2H3. The summed E-state index contributed by atoms with van der Waals surface area (Å²) in [5, 5.41) is 0. The molecule has 1 nitrogen and oxygen atoms in total. The Balaban J connectivity index is 1.53. The predicted molar refractivity (Wildman–Crippen MR) is 106 cm³/mol. The van der Waals surface area contributed by atoms with E-state index in [4.69, 9.17) is 4.74 Å². The normalized spacial score (nSPS) is 19.8. The van der Waals surface area contributed by atoms with Crippen molar-refractivity contribution in [2.75, 3.05) is 6.61 Å². The number of hydrogen-bond acceptors (Lipinski definition) is 1. The van der Waals surface area contributed by atoms with Crippen LogP contribution in [0, 0.1) is 30.3 Å². The largest absolute Gasteiger partial charge is 0.377 e. The molecule has 1 fully saturated rings. The van der Waals surface area contributed by atoms with Crippen molar-refractivity contribution in [1.29, 1.82) is 0 Å². The molecule has 0 heterocycles. The van der Waals surface area contributed by atoms with Gasteiger partial charge in [0.05, 0.1) is 6.61 Å². The van der Waals surface area contributed by atoms with Gasteiger partial charge >= 0.3 is 0 Å². The van der Waals surface area contributed by atoms with Gasteiger partial charge in [-0.3, -0.25) is 0 Å². The molecule has 2 aromatic carbocycles. The van der Waals surface area contributed by atoms with Crippen molar-refractivity contribution in [3.05, 3.63) is 70.0 Å². The molecule has 152 valence electrons. The van der Waals surface area contributed by atoms with Crippen LogP contribution in [0.15, 0.2) is 30.3 Å². The average Bonchev–Trinajstić information content (AvgIpc) is 2.70. The fourth-order valence-corrected chi connectivity index (χ4v) is 4.21. The molecular weight excluding hydrogens is 361 g/mol. The Kier molecular flexibility index (Phi) is 7.17. The quantitative estimate of drug-likeness (QED) is 0.502. The molecule has 28 heavy (non-hydrogen) atoms. The number of hydrogen-bond donors (Lipinski definition) is 0. The van der Waals surface area contributed by atoms with E-state index in [9.17, 15) is 13.2 Å². The first kappa shape index (κ1) is 20.9. The Morgan fingerprint density at radius 1 is 0.964 bits per heavy atom. The van der Waals surface area contributed by atoms with Gasteiger partial charge in [-0.2, -0.15) is 0 Å². The zero-order valence-corrected chi connectivity index (χ0v) is 16.7. The molecule has 0 aliphatic heterocycles. The fraction of sp³-hybridized carbons (Fsp3) is 0.500. The first-order chi connectivity index (χ1) is 13.5. The minimum Gasteiger partial charge on any atom is -0.377 e. The van der Waals surface area contributed by atoms with Crippen LogP contribution >= 0.6 is 0 Å². The van der Waals surface area contributed by atoms with Crippen LogP contribution in [0.3, 0.4) is 0 Å². The van der Waals surface area contributed by atoms with Crippen molar-refractivity contribution < 1.29 is 17.9 Å². The summed E-state index contributed by atoms with van der Waals surface area (Å²) >= 11 is 0. The second-order valence-corrected chi connectivity index (χ2v) is 7.92. The van der Waals surface area contributed by atoms with Crippen molar-refractivity contribution in [1.82, 2.24) is 0 Å². The molecule has 0 atom stereocenters. The number of ether oxygens (including phenoxy) is 1. The molecule has 0 spiro atoms. The summed E-state index contributed by atoms with van der Waals surface area (Å²) in [6, 6.07) is 8.78. The Hall–Kier alpha value is -1.81. The summed E-state index contributed by atoms with van der Waals surface area (Å²) in [7, 11) is 0. The minimum atomic E-state index is -0.732. The van der Waals surface area contributed by atoms with Crippen molar-refractivity contribution in [3.8, 4) is 0 Å². The van der Waals surface area contributed by atoms with Gasteiger partial charge in [0.25, 0.3) is 0 Å². The number of rotatable bonds is 7. The monoisotopic (exact) mass is 390 g/mol. The van der Waals surface area contributed by atoms with E-state index < -0.39 is 11.6 Å². The van der Waals surface area contributed by atoms with Crippen LogP contribution < -0.4 is 0 Å². The van der Waals surface area contributed by atoms with Crippen LogP contribution in [0.1, 0.15) is 67.2 Å². The first-order valence-electron chi connectivity index (χ1n) is 10.3. The SMILES string of the molecule is CCOCc1ccc(C2CCC(CCc3ccc(C)c(F)c3F)CC2)c(F)c1. The zero-order valence-electron chi connectivity index (χ0n) is 16.7. The lowest BCUT2D eigenvalue weighted by molar-refractivity contribution is 0.134. The molecule has 0 N–H and O–H groups in total. The van der Waals surface area contributed by atoms with Crippen LogP contribution in [0.5, 0.6) is 0 Å². The van der Waals surface area contributed by atoms with E-state index in [0.717, 1.165) is 43.2 Å². The van der Waals surface area contributed by atoms with E-state index >= 15 is 0 Å². The topological polar surface area (TPSA) is 9.23 Å². The van der Waals surface area contributed by atoms with Crippen LogP contribution in [0.2, 0.25) is 0 Å². The van der Waals surface area contributed by atoms with Crippen molar-refractivity contribution in [3.63, 3.8) is 0 Å². The van der Waals surface area contributed by atoms with Crippen molar-refractivity contribution in [2.24, 2.45) is 5.92 Å². The fourth-order valence-electron chi connectivity index (χ4n) is 4.21. The first-order valence-corrected chi connectivity index (χ1v) is 10.3. The maximum absolute atomic E-state index is 14.5. The molecule has 1 aliphatic carbocycles. The molecule has 0 amide bonds. The van der Waals surface area contributed by atoms with Crippen molar-refractivity contribution >= 4 is 0 Å². The number of aryl methyl sites for hydroxylation is 2. The summed E-state index contributed by atoms with van der Waals surface area (Å²) in [5.41, 5.74) is 2.46. The average molecular weight is 390 g/mol. The van der Waals surface area contributed by atoms with E-state index in [0.29, 0.717) is 36.7 Å². The Bertz CT molecular complexity index is 795. The highest BCUT2D eigenvalue weighted by molar-refractivity contribution is 5.28. The van der Waals surface area contributed by atoms with Crippen LogP contribution in [-0.4, -0.2) is 6.61 Å². The number of halogens is 3. The van der Waals surface area contributed by atoms with Gasteiger partial charge in [-0.15, -0.1) is 0 Å². The molecule has 3 rings (SSSR count). The van der Waals surface area contributed by atoms with Gasteiger partial charge in [-0.25, -0.2) is 13.2 Å². The smallest absolute Gasteiger partial charge is 0.162 e. The highest BCUT2D eigenvalue weighted by Gasteiger charge is 2.25. The Morgan fingerprint density at radius 2 is 1.71 bits per heavy atom. The highest BCUT2D eigenvalue weighted by Crippen LogP contribution is 2.38. The third kappa shape index (κ3) is 4.96. The van der Waals surface area contributed by atoms with E-state index in [1.165, 1.54) is 0 Å². The molecule has 0 aromatic heterocycles.